The number of halogens is 3. The van der Waals surface area contributed by atoms with Crippen LogP contribution < -0.4 is 27.3 Å². The average molecular weight is 469 g/mol. The number of nitrogens with two attached hydrogens (primary N) is 1. The van der Waals surface area contributed by atoms with Gasteiger partial charge in [-0.2, -0.15) is 0 Å². The van der Waals surface area contributed by atoms with E-state index in [4.69, 9.17) is 5.73 Å². The number of carbonyl (C=O) groups is 1. The van der Waals surface area contributed by atoms with Gasteiger partial charge >= 0.3 is 5.95 Å². The van der Waals surface area contributed by atoms with Gasteiger partial charge in [0.25, 0.3) is 0 Å². The van der Waals surface area contributed by atoms with E-state index in [2.05, 4.69) is 15.9 Å². The van der Waals surface area contributed by atoms with E-state index < -0.39 is 0 Å². The number of anilines is 1. The summed E-state index contributed by atoms with van der Waals surface area (Å²) in [5.41, 5.74) is 8.39. The summed E-state index contributed by atoms with van der Waals surface area (Å²) in [5.74, 6) is 0.134. The molecule has 1 aromatic heterocycles. The Morgan fingerprint density at radius 3 is 2.36 bits per heavy atom. The monoisotopic (exact) mass is 467 g/mol. The molecule has 2 N–H and O–H groups in total. The molecule has 130 valence electrons. The highest BCUT2D eigenvalue weighted by atomic mass is 79.9. The lowest BCUT2D eigenvalue weighted by Gasteiger charge is -2.00. The largest absolute Gasteiger partial charge is 1.00 e. The number of nitrogen functional groups attached to an aromatic ring is 1. The van der Waals surface area contributed by atoms with Crippen LogP contribution in [-0.2, 0) is 13.6 Å². The van der Waals surface area contributed by atoms with E-state index in [1.807, 2.05) is 19.2 Å². The van der Waals surface area contributed by atoms with E-state index in [1.165, 1.54) is 12.1 Å². The Hall–Kier alpha value is -1.99. The number of rotatable bonds is 4. The van der Waals surface area contributed by atoms with Crippen LogP contribution in [0.1, 0.15) is 10.4 Å². The van der Waals surface area contributed by atoms with Crippen molar-refractivity contribution in [1.82, 2.24) is 4.57 Å². The van der Waals surface area contributed by atoms with Crippen LogP contribution in [0.5, 0.6) is 0 Å². The van der Waals surface area contributed by atoms with Crippen molar-refractivity contribution < 1.29 is 30.7 Å². The first-order valence-corrected chi connectivity index (χ1v) is 8.14. The molecule has 4 nitrogen and oxygen atoms in total. The lowest BCUT2D eigenvalue weighted by molar-refractivity contribution is -0.667. The van der Waals surface area contributed by atoms with Crippen molar-refractivity contribution in [2.75, 3.05) is 5.73 Å². The van der Waals surface area contributed by atoms with Gasteiger partial charge in [-0.1, -0.05) is 28.1 Å². The van der Waals surface area contributed by atoms with Crippen molar-refractivity contribution in [3.05, 3.63) is 70.6 Å². The lowest BCUT2D eigenvalue weighted by atomic mass is 10.1. The van der Waals surface area contributed by atoms with Gasteiger partial charge < -0.3 is 17.0 Å². The third-order valence-corrected chi connectivity index (χ3v) is 4.43. The molecule has 0 bridgehead atoms. The summed E-state index contributed by atoms with van der Waals surface area (Å²) >= 11 is 3.35. The van der Waals surface area contributed by atoms with Crippen LogP contribution >= 0.6 is 15.9 Å². The summed E-state index contributed by atoms with van der Waals surface area (Å²) < 4.78 is 17.5. The number of hydrogen-bond donors (Lipinski definition) is 1. The number of imidazole rings is 1. The number of Topliss-reactive ketones (excluding diaryl/α,β-unsaturated/α-hetero) is 1. The van der Waals surface area contributed by atoms with Crippen LogP contribution in [0.25, 0.3) is 11.3 Å². The van der Waals surface area contributed by atoms with Crippen molar-refractivity contribution in [2.45, 2.75) is 6.54 Å². The molecular weight excluding hydrogens is 453 g/mol. The predicted octanol–water partition coefficient (Wildman–Crippen LogP) is 0.350. The highest BCUT2D eigenvalue weighted by molar-refractivity contribution is 9.10. The quantitative estimate of drug-likeness (QED) is 0.443. The van der Waals surface area contributed by atoms with E-state index in [-0.39, 0.29) is 35.1 Å². The smallest absolute Gasteiger partial charge is 0.355 e. The number of carbonyl (C=O) groups excluding carboxylic acids is 1. The Morgan fingerprint density at radius 1 is 1.16 bits per heavy atom. The Balaban J connectivity index is 0.00000225. The zero-order chi connectivity index (χ0) is 17.3. The van der Waals surface area contributed by atoms with Crippen LogP contribution in [0, 0.1) is 5.82 Å². The fourth-order valence-electron chi connectivity index (χ4n) is 2.51. The summed E-state index contributed by atoms with van der Waals surface area (Å²) in [4.78, 5) is 12.4. The number of nitrogens with zero attached hydrogens (tertiary/aromatic N) is 2. The predicted molar refractivity (Wildman–Crippen MR) is 93.9 cm³/mol. The van der Waals surface area contributed by atoms with Gasteiger partial charge in [-0.25, -0.2) is 13.5 Å². The highest BCUT2D eigenvalue weighted by Crippen LogP contribution is 2.20. The molecule has 0 amide bonds. The summed E-state index contributed by atoms with van der Waals surface area (Å²) in [6.07, 6.45) is 1.80. The average Bonchev–Trinajstić information content (AvgIpc) is 2.85. The first-order chi connectivity index (χ1) is 11.5. The van der Waals surface area contributed by atoms with E-state index in [1.54, 1.807) is 39.6 Å². The first-order valence-electron chi connectivity index (χ1n) is 7.35. The zero-order valence-electron chi connectivity index (χ0n) is 13.4. The van der Waals surface area contributed by atoms with Crippen molar-refractivity contribution in [2.24, 2.45) is 7.05 Å². The molecule has 2 aromatic carbocycles. The number of ketones is 1. The van der Waals surface area contributed by atoms with Crippen molar-refractivity contribution in [1.29, 1.82) is 0 Å². The maximum atomic E-state index is 13.1. The van der Waals surface area contributed by atoms with Gasteiger partial charge in [0.05, 0.1) is 7.05 Å². The molecule has 3 rings (SSSR count). The third-order valence-electron chi connectivity index (χ3n) is 3.90. The Morgan fingerprint density at radius 2 is 1.76 bits per heavy atom. The van der Waals surface area contributed by atoms with E-state index in [0.717, 1.165) is 15.7 Å². The van der Waals surface area contributed by atoms with Gasteiger partial charge in [-0.3, -0.25) is 10.5 Å². The van der Waals surface area contributed by atoms with E-state index >= 15 is 0 Å². The Bertz CT molecular complexity index is 890. The summed E-state index contributed by atoms with van der Waals surface area (Å²) in [5, 5.41) is 0. The number of benzene rings is 2. The molecular formula is C18H16Br2FN3O. The maximum absolute atomic E-state index is 13.1. The van der Waals surface area contributed by atoms with Crippen molar-refractivity contribution in [3.8, 4) is 11.3 Å². The Kier molecular flexibility index (Phi) is 6.13. The molecule has 0 unspecified atom stereocenters. The second kappa shape index (κ2) is 7.93. The molecule has 25 heavy (non-hydrogen) atoms. The Labute approximate surface area is 164 Å². The van der Waals surface area contributed by atoms with Gasteiger partial charge in [-0.05, 0) is 36.4 Å². The molecule has 1 heterocycles. The molecule has 0 saturated carbocycles. The normalized spacial score (nSPS) is 10.4. The number of aromatic nitrogens is 2. The second-order valence-corrected chi connectivity index (χ2v) is 6.41. The van der Waals surface area contributed by atoms with Crippen molar-refractivity contribution in [3.63, 3.8) is 0 Å². The van der Waals surface area contributed by atoms with Gasteiger partial charge in [0.2, 0.25) is 0 Å². The first kappa shape index (κ1) is 19.3. The molecule has 3 aromatic rings. The molecule has 0 aliphatic heterocycles. The highest BCUT2D eigenvalue weighted by Gasteiger charge is 2.20. The molecule has 0 spiro atoms. The summed E-state index contributed by atoms with van der Waals surface area (Å²) in [6.45, 7) is 0.141. The van der Waals surface area contributed by atoms with Crippen LogP contribution in [0.15, 0.2) is 59.2 Å². The summed E-state index contributed by atoms with van der Waals surface area (Å²) in [6, 6.07) is 13.4. The summed E-state index contributed by atoms with van der Waals surface area (Å²) in [7, 11) is 1.81. The topological polar surface area (TPSA) is 51.9 Å². The molecule has 0 aliphatic rings. The minimum absolute atomic E-state index is 0. The van der Waals surface area contributed by atoms with Gasteiger partial charge in [0.15, 0.2) is 5.78 Å². The van der Waals surface area contributed by atoms with Crippen LogP contribution in [0.3, 0.4) is 0 Å². The molecule has 0 atom stereocenters. The van der Waals surface area contributed by atoms with Gasteiger partial charge in [0.1, 0.15) is 24.3 Å². The van der Waals surface area contributed by atoms with Crippen LogP contribution in [0.2, 0.25) is 0 Å². The molecule has 0 saturated heterocycles. The van der Waals surface area contributed by atoms with Crippen LogP contribution in [-0.4, -0.2) is 10.4 Å². The molecule has 0 radical (unpaired) electrons. The molecule has 0 aliphatic carbocycles. The third kappa shape index (κ3) is 4.16. The fourth-order valence-corrected chi connectivity index (χ4v) is 2.78. The minimum atomic E-state index is -0.292. The maximum Gasteiger partial charge on any atom is 0.355 e. The van der Waals surface area contributed by atoms with Gasteiger partial charge in [0, 0.05) is 15.6 Å². The van der Waals surface area contributed by atoms with Crippen LogP contribution in [0.4, 0.5) is 10.3 Å². The number of hydrogen-bond acceptors (Lipinski definition) is 2. The fraction of sp³-hybridized carbons (Fsp3) is 0.111. The van der Waals surface area contributed by atoms with Crippen molar-refractivity contribution >= 4 is 27.7 Å². The molecule has 7 heteroatoms. The van der Waals surface area contributed by atoms with E-state index in [9.17, 15) is 9.18 Å². The second-order valence-electron chi connectivity index (χ2n) is 5.50. The minimum Gasteiger partial charge on any atom is -1.00 e. The molecule has 0 fully saturated rings. The SMILES string of the molecule is Cn1c(-c2ccc(F)cc2)c[n+](CC(=O)c2ccc(Br)cc2)c1N.[Br-]. The lowest BCUT2D eigenvalue weighted by Crippen LogP contribution is -3.00. The van der Waals surface area contributed by atoms with E-state index in [0.29, 0.717) is 11.5 Å². The standard InChI is InChI=1S/C18H15BrFN3O.BrH/c1-22-16(12-4-8-15(20)9-5-12)10-23(18(22)21)11-17(24)13-2-6-14(19)7-3-13;/h2-10,21H,11H2,1H3;1H. The zero-order valence-corrected chi connectivity index (χ0v) is 16.6. The van der Waals surface area contributed by atoms with Gasteiger partial charge in [-0.15, -0.1) is 0 Å².